The Morgan fingerprint density at radius 1 is 0.930 bits per heavy atom. The fourth-order valence-corrected chi connectivity index (χ4v) is 6.90. The van der Waals surface area contributed by atoms with Crippen LogP contribution in [0, 0.1) is 0 Å². The Morgan fingerprint density at radius 2 is 1.58 bits per heavy atom. The Hall–Kier alpha value is -2.75. The lowest BCUT2D eigenvalue weighted by Crippen LogP contribution is -2.48. The van der Waals surface area contributed by atoms with Crippen molar-refractivity contribution < 1.29 is 18.3 Å². The predicted octanol–water partition coefficient (Wildman–Crippen LogP) is 5.94. The molecule has 0 aliphatic heterocycles. The molecule has 0 spiro atoms. The zero-order chi connectivity index (χ0) is 31.6. The molecule has 0 bridgehead atoms. The van der Waals surface area contributed by atoms with E-state index < -0.39 is 28.1 Å². The van der Waals surface area contributed by atoms with Gasteiger partial charge in [-0.1, -0.05) is 101 Å². The van der Waals surface area contributed by atoms with Gasteiger partial charge in [0.1, 0.15) is 0 Å². The third kappa shape index (κ3) is 10.2. The largest absolute Gasteiger partial charge is 0.390 e. The van der Waals surface area contributed by atoms with E-state index in [1.165, 1.54) is 28.1 Å². The number of benzene rings is 3. The van der Waals surface area contributed by atoms with E-state index in [0.29, 0.717) is 38.9 Å². The summed E-state index contributed by atoms with van der Waals surface area (Å²) in [6.45, 7) is 11.9. The average Bonchev–Trinajstić information content (AvgIpc) is 2.96. The predicted molar refractivity (Wildman–Crippen MR) is 175 cm³/mol. The lowest BCUT2D eigenvalue weighted by atomic mass is 9.86. The van der Waals surface area contributed by atoms with Crippen LogP contribution in [0.1, 0.15) is 74.5 Å². The average molecular weight is 628 g/mol. The van der Waals surface area contributed by atoms with Gasteiger partial charge in [0, 0.05) is 36.8 Å². The zero-order valence-corrected chi connectivity index (χ0v) is 27.5. The number of nitrogens with one attached hydrogen (secondary N) is 2. The van der Waals surface area contributed by atoms with E-state index in [1.54, 1.807) is 0 Å². The van der Waals surface area contributed by atoms with Gasteiger partial charge in [-0.25, -0.2) is 8.42 Å². The van der Waals surface area contributed by atoms with E-state index in [1.807, 2.05) is 56.3 Å². The first kappa shape index (κ1) is 34.7. The Morgan fingerprint density at radius 3 is 2.21 bits per heavy atom. The first-order valence-corrected chi connectivity index (χ1v) is 16.8. The number of aliphatic hydroxyl groups is 1. The molecule has 7 nitrogen and oxygen atoms in total. The molecule has 0 fully saturated rings. The summed E-state index contributed by atoms with van der Waals surface area (Å²) in [5.74, 6) is -0.505. The third-order valence-corrected chi connectivity index (χ3v) is 9.37. The van der Waals surface area contributed by atoms with Gasteiger partial charge in [-0.2, -0.15) is 4.31 Å². The molecule has 0 radical (unpaired) electrons. The van der Waals surface area contributed by atoms with Crippen LogP contribution in [0.25, 0.3) is 0 Å². The molecule has 3 rings (SSSR count). The number of nitrogens with zero attached hydrogens (tertiary/aromatic N) is 1. The molecule has 0 unspecified atom stereocenters. The molecule has 3 N–H and O–H groups in total. The molecule has 43 heavy (non-hydrogen) atoms. The van der Waals surface area contributed by atoms with Gasteiger partial charge in [0.05, 0.1) is 17.0 Å². The number of aliphatic hydroxyl groups excluding tert-OH is 1. The van der Waals surface area contributed by atoms with E-state index in [4.69, 9.17) is 11.6 Å². The fourth-order valence-electron chi connectivity index (χ4n) is 4.90. The number of rotatable bonds is 15. The minimum atomic E-state index is -3.84. The first-order valence-electron chi connectivity index (χ1n) is 15.0. The number of sulfonamides is 1. The van der Waals surface area contributed by atoms with Crippen LogP contribution >= 0.6 is 11.6 Å². The number of carbonyl (C=O) groups excluding carboxylic acids is 1. The summed E-state index contributed by atoms with van der Waals surface area (Å²) in [4.78, 5) is 13.5. The summed E-state index contributed by atoms with van der Waals surface area (Å²) < 4.78 is 28.2. The summed E-state index contributed by atoms with van der Waals surface area (Å²) in [6, 6.07) is 21.5. The van der Waals surface area contributed by atoms with Crippen molar-refractivity contribution in [2.75, 3.05) is 19.6 Å². The van der Waals surface area contributed by atoms with Crippen LogP contribution in [0.3, 0.4) is 0 Å². The Labute approximate surface area is 262 Å². The Bertz CT molecular complexity index is 1440. The van der Waals surface area contributed by atoms with Crippen LogP contribution in [-0.2, 0) is 28.4 Å². The number of halogens is 1. The minimum absolute atomic E-state index is 0.0219. The molecule has 0 aromatic heterocycles. The summed E-state index contributed by atoms with van der Waals surface area (Å²) in [7, 11) is -3.84. The van der Waals surface area contributed by atoms with Crippen LogP contribution in [0.5, 0.6) is 0 Å². The van der Waals surface area contributed by atoms with Crippen molar-refractivity contribution in [2.45, 2.75) is 82.9 Å². The van der Waals surface area contributed by atoms with Crippen molar-refractivity contribution in [3.8, 4) is 0 Å². The van der Waals surface area contributed by atoms with Gasteiger partial charge in [0.2, 0.25) is 10.0 Å². The Balaban J connectivity index is 1.79. The maximum Gasteiger partial charge on any atom is 0.251 e. The Kier molecular flexibility index (Phi) is 12.8. The molecule has 9 heteroatoms. The minimum Gasteiger partial charge on any atom is -0.390 e. The van der Waals surface area contributed by atoms with Crippen molar-refractivity contribution >= 4 is 27.5 Å². The van der Waals surface area contributed by atoms with Crippen molar-refractivity contribution in [2.24, 2.45) is 0 Å². The molecule has 3 aromatic carbocycles. The monoisotopic (exact) mass is 627 g/mol. The lowest BCUT2D eigenvalue weighted by molar-refractivity contribution is 0.0829. The van der Waals surface area contributed by atoms with Gasteiger partial charge in [0.25, 0.3) is 5.91 Å². The molecular weight excluding hydrogens is 582 g/mol. The van der Waals surface area contributed by atoms with E-state index >= 15 is 0 Å². The number of hydrogen-bond acceptors (Lipinski definition) is 5. The maximum absolute atomic E-state index is 13.5. The van der Waals surface area contributed by atoms with Gasteiger partial charge < -0.3 is 15.7 Å². The molecule has 234 valence electrons. The van der Waals surface area contributed by atoms with Gasteiger partial charge in [-0.15, -0.1) is 0 Å². The van der Waals surface area contributed by atoms with Crippen LogP contribution in [0.4, 0.5) is 0 Å². The third-order valence-electron chi connectivity index (χ3n) is 7.27. The lowest BCUT2D eigenvalue weighted by Gasteiger charge is -2.25. The standard InChI is InChI=1S/C34H46ClN3O4S/c1-6-16-38(17-7-2)43(41,42)30-21-27(20-29(35)22-30)33(40)37-31(19-25-12-9-8-10-13-25)32(39)24-36-23-26-14-11-15-28(18-26)34(3,4)5/h8-15,18,20-22,31-32,36,39H,6-7,16-17,19,23-24H2,1-5H3,(H,37,40)/t31-,32+/m0/s1. The second kappa shape index (κ2) is 15.8. The first-order chi connectivity index (χ1) is 20.3. The van der Waals surface area contributed by atoms with Crippen molar-refractivity contribution in [3.05, 3.63) is 100 Å². The van der Waals surface area contributed by atoms with Crippen LogP contribution in [0.15, 0.2) is 77.7 Å². The maximum atomic E-state index is 13.5. The SMILES string of the molecule is CCCN(CCC)S(=O)(=O)c1cc(Cl)cc(C(=O)N[C@@H](Cc2ccccc2)[C@H](O)CNCc2cccc(C(C)(C)C)c2)c1. The number of carbonyl (C=O) groups is 1. The van der Waals surface area contributed by atoms with Crippen molar-refractivity contribution in [1.82, 2.24) is 14.9 Å². The summed E-state index contributed by atoms with van der Waals surface area (Å²) in [6.07, 6.45) is 0.813. The molecule has 1 amide bonds. The van der Waals surface area contributed by atoms with Gasteiger partial charge in [-0.05, 0) is 59.6 Å². The second-order valence-corrected chi connectivity index (χ2v) is 14.4. The second-order valence-electron chi connectivity index (χ2n) is 12.0. The highest BCUT2D eigenvalue weighted by Gasteiger charge is 2.27. The normalized spacial score (nSPS) is 13.6. The van der Waals surface area contributed by atoms with E-state index in [2.05, 4.69) is 43.5 Å². The molecule has 3 aromatic rings. The molecular formula is C34H46ClN3O4S. The quantitative estimate of drug-likeness (QED) is 0.194. The van der Waals surface area contributed by atoms with E-state index in [-0.39, 0.29) is 27.4 Å². The van der Waals surface area contributed by atoms with Crippen LogP contribution < -0.4 is 10.6 Å². The number of amides is 1. The molecule has 0 aliphatic carbocycles. The zero-order valence-electron chi connectivity index (χ0n) is 25.9. The highest BCUT2D eigenvalue weighted by molar-refractivity contribution is 7.89. The molecule has 0 saturated heterocycles. The van der Waals surface area contributed by atoms with Crippen LogP contribution in [-0.4, -0.2) is 55.5 Å². The summed E-state index contributed by atoms with van der Waals surface area (Å²) >= 11 is 6.33. The highest BCUT2D eigenvalue weighted by atomic mass is 35.5. The van der Waals surface area contributed by atoms with Gasteiger partial charge in [0.15, 0.2) is 0 Å². The van der Waals surface area contributed by atoms with Gasteiger partial charge >= 0.3 is 0 Å². The van der Waals surface area contributed by atoms with Gasteiger partial charge in [-0.3, -0.25) is 4.79 Å². The summed E-state index contributed by atoms with van der Waals surface area (Å²) in [5, 5.41) is 17.7. The summed E-state index contributed by atoms with van der Waals surface area (Å²) in [5.41, 5.74) is 3.45. The van der Waals surface area contributed by atoms with Crippen LogP contribution in [0.2, 0.25) is 5.02 Å². The topological polar surface area (TPSA) is 98.7 Å². The smallest absolute Gasteiger partial charge is 0.251 e. The number of hydrogen-bond donors (Lipinski definition) is 3. The molecule has 2 atom stereocenters. The fraction of sp³-hybridized carbons (Fsp3) is 0.441. The molecule has 0 heterocycles. The van der Waals surface area contributed by atoms with Crippen molar-refractivity contribution in [1.29, 1.82) is 0 Å². The van der Waals surface area contributed by atoms with E-state index in [0.717, 1.165) is 11.1 Å². The van der Waals surface area contributed by atoms with E-state index in [9.17, 15) is 18.3 Å². The molecule has 0 saturated carbocycles. The van der Waals surface area contributed by atoms with Crippen molar-refractivity contribution in [3.63, 3.8) is 0 Å². The molecule has 0 aliphatic rings. The highest BCUT2D eigenvalue weighted by Crippen LogP contribution is 2.24.